The fraction of sp³-hybridized carbons (Fsp3) is 0.909. The molecule has 0 aromatic carbocycles. The van der Waals surface area contributed by atoms with E-state index < -0.39 is 11.9 Å². The molecule has 0 radical (unpaired) electrons. The minimum absolute atomic E-state index is 0.142. The Balaban J connectivity index is 3.25. The smallest absolute Gasteiger partial charge is 0.342 e. The lowest BCUT2D eigenvalue weighted by Gasteiger charge is -2.11. The van der Waals surface area contributed by atoms with Gasteiger partial charge in [-0.1, -0.05) is 96.8 Å². The Morgan fingerprint density at radius 1 is 0.741 bits per heavy atom. The van der Waals surface area contributed by atoms with Crippen molar-refractivity contribution in [2.24, 2.45) is 0 Å². The fourth-order valence-corrected chi connectivity index (χ4v) is 3.06. The van der Waals surface area contributed by atoms with E-state index in [2.05, 4.69) is 11.8 Å². The van der Waals surface area contributed by atoms with Gasteiger partial charge in [-0.15, -0.1) is 0 Å². The Morgan fingerprint density at radius 3 is 1.63 bits per heavy atom. The molecule has 0 aromatic rings. The Labute approximate surface area is 166 Å². The minimum atomic E-state index is -1.01. The van der Waals surface area contributed by atoms with Crippen molar-refractivity contribution < 1.29 is 24.5 Å². The van der Waals surface area contributed by atoms with E-state index in [-0.39, 0.29) is 18.9 Å². The normalized spacial score (nSPS) is 12.1. The van der Waals surface area contributed by atoms with Crippen LogP contribution in [0.3, 0.4) is 0 Å². The van der Waals surface area contributed by atoms with E-state index in [1.165, 1.54) is 83.5 Å². The monoisotopic (exact) mass is 386 g/mol. The molecule has 0 bridgehead atoms. The van der Waals surface area contributed by atoms with Crippen LogP contribution in [-0.2, 0) is 19.4 Å². The zero-order chi connectivity index (χ0) is 20.2. The molecule has 1 N–H and O–H groups in total. The summed E-state index contributed by atoms with van der Waals surface area (Å²) in [5.74, 6) is -1.63. The fourth-order valence-electron chi connectivity index (χ4n) is 3.06. The van der Waals surface area contributed by atoms with Gasteiger partial charge in [0.1, 0.15) is 6.10 Å². The third-order valence-corrected chi connectivity index (χ3v) is 4.81. The number of carboxylic acid groups (broad SMARTS) is 1. The van der Waals surface area contributed by atoms with Crippen LogP contribution in [0, 0.1) is 0 Å². The second-order valence-electron chi connectivity index (χ2n) is 7.64. The predicted octanol–water partition coefficient (Wildman–Crippen LogP) is 6.59. The summed E-state index contributed by atoms with van der Waals surface area (Å²) in [4.78, 5) is 31.2. The molecule has 1 unspecified atom stereocenters. The summed E-state index contributed by atoms with van der Waals surface area (Å²) >= 11 is 0. The second kappa shape index (κ2) is 19.7. The molecule has 0 amide bonds. The SMILES string of the molecule is CCCCCCCCCCCCCCCCC(C)OOC(=O)CCC(=O)O. The van der Waals surface area contributed by atoms with Crippen LogP contribution in [0.25, 0.3) is 0 Å². The summed E-state index contributed by atoms with van der Waals surface area (Å²) in [5, 5.41) is 8.49. The molecular weight excluding hydrogens is 344 g/mol. The van der Waals surface area contributed by atoms with Crippen LogP contribution < -0.4 is 0 Å². The lowest BCUT2D eigenvalue weighted by atomic mass is 10.0. The topological polar surface area (TPSA) is 72.8 Å². The number of hydrogen-bond acceptors (Lipinski definition) is 4. The molecule has 5 nitrogen and oxygen atoms in total. The summed E-state index contributed by atoms with van der Waals surface area (Å²) in [6, 6.07) is 0. The van der Waals surface area contributed by atoms with Crippen LogP contribution in [0.2, 0.25) is 0 Å². The van der Waals surface area contributed by atoms with E-state index in [1.54, 1.807) is 0 Å². The van der Waals surface area contributed by atoms with E-state index in [4.69, 9.17) is 9.99 Å². The lowest BCUT2D eigenvalue weighted by Crippen LogP contribution is -2.14. The molecule has 0 aliphatic rings. The van der Waals surface area contributed by atoms with Gasteiger partial charge in [0.05, 0.1) is 12.8 Å². The van der Waals surface area contributed by atoms with Crippen LogP contribution >= 0.6 is 0 Å². The molecule has 27 heavy (non-hydrogen) atoms. The third-order valence-electron chi connectivity index (χ3n) is 4.81. The predicted molar refractivity (Wildman–Crippen MR) is 108 cm³/mol. The third kappa shape index (κ3) is 21.1. The van der Waals surface area contributed by atoms with Gasteiger partial charge in [0.15, 0.2) is 0 Å². The van der Waals surface area contributed by atoms with Crippen LogP contribution in [0.15, 0.2) is 0 Å². The molecule has 0 aromatic heterocycles. The van der Waals surface area contributed by atoms with Gasteiger partial charge < -0.3 is 5.11 Å². The maximum absolute atomic E-state index is 11.2. The zero-order valence-corrected chi connectivity index (χ0v) is 17.7. The highest BCUT2D eigenvalue weighted by atomic mass is 17.2. The van der Waals surface area contributed by atoms with E-state index in [0.29, 0.717) is 0 Å². The standard InChI is InChI=1S/C22H42O5/c1-3-4-5-6-7-8-9-10-11-12-13-14-15-16-17-20(2)26-27-22(25)19-18-21(23)24/h20H,3-19H2,1-2H3,(H,23,24). The van der Waals surface area contributed by atoms with Crippen LogP contribution in [-0.4, -0.2) is 23.1 Å². The quantitative estimate of drug-likeness (QED) is 0.145. The van der Waals surface area contributed by atoms with Crippen molar-refractivity contribution in [3.8, 4) is 0 Å². The average Bonchev–Trinajstić information content (AvgIpc) is 2.64. The number of hydrogen-bond donors (Lipinski definition) is 1. The van der Waals surface area contributed by atoms with Crippen LogP contribution in [0.4, 0.5) is 0 Å². The highest BCUT2D eigenvalue weighted by Gasteiger charge is 2.10. The van der Waals surface area contributed by atoms with Gasteiger partial charge in [-0.3, -0.25) is 9.68 Å². The summed E-state index contributed by atoms with van der Waals surface area (Å²) in [7, 11) is 0. The molecule has 160 valence electrons. The first kappa shape index (κ1) is 25.9. The highest BCUT2D eigenvalue weighted by molar-refractivity contribution is 5.76. The number of carbonyl (C=O) groups excluding carboxylic acids is 1. The van der Waals surface area contributed by atoms with E-state index in [0.717, 1.165) is 12.8 Å². The first-order valence-corrected chi connectivity index (χ1v) is 11.1. The van der Waals surface area contributed by atoms with Gasteiger partial charge in [0.2, 0.25) is 0 Å². The molecule has 1 atom stereocenters. The van der Waals surface area contributed by atoms with Gasteiger partial charge in [0, 0.05) is 0 Å². The molecule has 0 spiro atoms. The molecule has 0 saturated heterocycles. The molecule has 0 fully saturated rings. The number of aliphatic carboxylic acids is 1. The summed E-state index contributed by atoms with van der Waals surface area (Å²) < 4.78 is 0. The lowest BCUT2D eigenvalue weighted by molar-refractivity contribution is -0.295. The van der Waals surface area contributed by atoms with Crippen molar-refractivity contribution in [2.45, 2.75) is 129 Å². The van der Waals surface area contributed by atoms with Crippen molar-refractivity contribution in [1.29, 1.82) is 0 Å². The Kier molecular flexibility index (Phi) is 18.9. The van der Waals surface area contributed by atoms with E-state index in [1.807, 2.05) is 6.92 Å². The Bertz CT molecular complexity index is 357. The molecule has 0 aliphatic carbocycles. The number of carbonyl (C=O) groups is 2. The second-order valence-corrected chi connectivity index (χ2v) is 7.64. The summed E-state index contributed by atoms with van der Waals surface area (Å²) in [5.41, 5.74) is 0. The molecule has 0 rings (SSSR count). The van der Waals surface area contributed by atoms with Crippen molar-refractivity contribution >= 4 is 11.9 Å². The van der Waals surface area contributed by atoms with Crippen molar-refractivity contribution in [2.75, 3.05) is 0 Å². The minimum Gasteiger partial charge on any atom is -0.481 e. The Hall–Kier alpha value is -1.10. The van der Waals surface area contributed by atoms with Crippen LogP contribution in [0.1, 0.15) is 123 Å². The van der Waals surface area contributed by atoms with Gasteiger partial charge in [-0.2, -0.15) is 4.89 Å². The number of carboxylic acids is 1. The summed E-state index contributed by atoms with van der Waals surface area (Å²) in [6.45, 7) is 4.13. The van der Waals surface area contributed by atoms with Gasteiger partial charge in [0.25, 0.3) is 0 Å². The zero-order valence-electron chi connectivity index (χ0n) is 17.7. The molecule has 0 heterocycles. The molecular formula is C22H42O5. The van der Waals surface area contributed by atoms with Gasteiger partial charge in [-0.05, 0) is 13.3 Å². The molecule has 0 saturated carbocycles. The first-order chi connectivity index (χ1) is 13.1. The Morgan fingerprint density at radius 2 is 1.19 bits per heavy atom. The van der Waals surface area contributed by atoms with Crippen molar-refractivity contribution in [1.82, 2.24) is 0 Å². The van der Waals surface area contributed by atoms with Crippen LogP contribution in [0.5, 0.6) is 0 Å². The number of unbranched alkanes of at least 4 members (excludes halogenated alkanes) is 13. The van der Waals surface area contributed by atoms with Gasteiger partial charge >= 0.3 is 11.9 Å². The maximum Gasteiger partial charge on any atom is 0.342 e. The van der Waals surface area contributed by atoms with Crippen molar-refractivity contribution in [3.05, 3.63) is 0 Å². The molecule has 0 aliphatic heterocycles. The largest absolute Gasteiger partial charge is 0.481 e. The highest BCUT2D eigenvalue weighted by Crippen LogP contribution is 2.14. The number of rotatable bonds is 20. The average molecular weight is 387 g/mol. The first-order valence-electron chi connectivity index (χ1n) is 11.1. The van der Waals surface area contributed by atoms with E-state index >= 15 is 0 Å². The van der Waals surface area contributed by atoms with Crippen molar-refractivity contribution in [3.63, 3.8) is 0 Å². The summed E-state index contributed by atoms with van der Waals surface area (Å²) in [6.07, 6.45) is 19.0. The van der Waals surface area contributed by atoms with Gasteiger partial charge in [-0.25, -0.2) is 4.79 Å². The molecule has 5 heteroatoms. The van der Waals surface area contributed by atoms with E-state index in [9.17, 15) is 9.59 Å². The maximum atomic E-state index is 11.2.